The lowest BCUT2D eigenvalue weighted by molar-refractivity contribution is 0.0303. The van der Waals surface area contributed by atoms with E-state index in [4.69, 9.17) is 22.8 Å². The van der Waals surface area contributed by atoms with Crippen molar-refractivity contribution in [1.82, 2.24) is 0 Å². The Kier molecular flexibility index (Phi) is 11.3. The van der Waals surface area contributed by atoms with Gasteiger partial charge in [-0.2, -0.15) is 0 Å². The molecule has 0 radical (unpaired) electrons. The number of benzene rings is 2. The minimum absolute atomic E-state index is 0.0922. The fourth-order valence-electron chi connectivity index (χ4n) is 3.47. The van der Waals surface area contributed by atoms with Crippen LogP contribution in [0.2, 0.25) is 6.04 Å². The van der Waals surface area contributed by atoms with Crippen molar-refractivity contribution in [2.45, 2.75) is 59.3 Å². The SMILES string of the molecule is CCO[Si](CCCOc1ccc(C(OC(C)C)c2ccccc2)cc1)(OCC)OCC. The third-order valence-electron chi connectivity index (χ3n) is 4.68. The zero-order valence-corrected chi connectivity index (χ0v) is 20.6. The van der Waals surface area contributed by atoms with Crippen molar-refractivity contribution < 1.29 is 22.8 Å². The summed E-state index contributed by atoms with van der Waals surface area (Å²) in [4.78, 5) is 0. The maximum absolute atomic E-state index is 6.19. The Morgan fingerprint density at radius 1 is 0.742 bits per heavy atom. The van der Waals surface area contributed by atoms with Gasteiger partial charge in [-0.1, -0.05) is 42.5 Å². The number of rotatable bonds is 15. The van der Waals surface area contributed by atoms with Crippen molar-refractivity contribution in [1.29, 1.82) is 0 Å². The van der Waals surface area contributed by atoms with E-state index in [0.29, 0.717) is 26.4 Å². The van der Waals surface area contributed by atoms with E-state index in [0.717, 1.165) is 29.3 Å². The van der Waals surface area contributed by atoms with Crippen LogP contribution in [0, 0.1) is 0 Å². The zero-order chi connectivity index (χ0) is 22.5. The van der Waals surface area contributed by atoms with E-state index in [-0.39, 0.29) is 12.2 Å². The second-order valence-electron chi connectivity index (χ2n) is 7.48. The third-order valence-corrected chi connectivity index (χ3v) is 7.83. The highest BCUT2D eigenvalue weighted by Crippen LogP contribution is 2.29. The molecule has 172 valence electrons. The van der Waals surface area contributed by atoms with Crippen molar-refractivity contribution in [2.24, 2.45) is 0 Å². The summed E-state index contributed by atoms with van der Waals surface area (Å²) >= 11 is 0. The molecule has 6 heteroatoms. The van der Waals surface area contributed by atoms with Crippen molar-refractivity contribution in [3.05, 3.63) is 65.7 Å². The van der Waals surface area contributed by atoms with Gasteiger partial charge in [-0.25, -0.2) is 0 Å². The maximum atomic E-state index is 6.19. The molecule has 0 N–H and O–H groups in total. The van der Waals surface area contributed by atoms with Gasteiger partial charge >= 0.3 is 8.80 Å². The van der Waals surface area contributed by atoms with Gasteiger partial charge in [0.1, 0.15) is 11.9 Å². The first-order valence-corrected chi connectivity index (χ1v) is 13.3. The summed E-state index contributed by atoms with van der Waals surface area (Å²) < 4.78 is 29.9. The van der Waals surface area contributed by atoms with Crippen LogP contribution in [0.4, 0.5) is 0 Å². The van der Waals surface area contributed by atoms with Crippen LogP contribution >= 0.6 is 0 Å². The smallest absolute Gasteiger partial charge is 0.494 e. The van der Waals surface area contributed by atoms with Crippen molar-refractivity contribution in [2.75, 3.05) is 26.4 Å². The van der Waals surface area contributed by atoms with E-state index in [1.807, 2.05) is 51.1 Å². The van der Waals surface area contributed by atoms with Crippen LogP contribution in [0.3, 0.4) is 0 Å². The molecule has 0 saturated carbocycles. The van der Waals surface area contributed by atoms with Gasteiger partial charge in [0.05, 0.1) is 12.7 Å². The normalized spacial score (nSPS) is 12.8. The lowest BCUT2D eigenvalue weighted by atomic mass is 10.0. The first kappa shape index (κ1) is 25.6. The molecular weight excluding hydrogens is 408 g/mol. The monoisotopic (exact) mass is 446 g/mol. The molecule has 2 rings (SSSR count). The Morgan fingerprint density at radius 3 is 1.81 bits per heavy atom. The van der Waals surface area contributed by atoms with Crippen LogP contribution in [0.15, 0.2) is 54.6 Å². The molecule has 1 atom stereocenters. The molecule has 0 aliphatic carbocycles. The summed E-state index contributed by atoms with van der Waals surface area (Å²) in [6.45, 7) is 12.4. The lowest BCUT2D eigenvalue weighted by Gasteiger charge is -2.28. The molecule has 0 bridgehead atoms. The quantitative estimate of drug-likeness (QED) is 0.247. The van der Waals surface area contributed by atoms with Gasteiger partial charge in [-0.05, 0) is 64.3 Å². The average Bonchev–Trinajstić information content (AvgIpc) is 2.77. The first-order chi connectivity index (χ1) is 15.0. The number of hydrogen-bond donors (Lipinski definition) is 0. The first-order valence-electron chi connectivity index (χ1n) is 11.4. The zero-order valence-electron chi connectivity index (χ0n) is 19.6. The van der Waals surface area contributed by atoms with Gasteiger partial charge in [0.15, 0.2) is 0 Å². The summed E-state index contributed by atoms with van der Waals surface area (Å²) in [5, 5.41) is 0. The summed E-state index contributed by atoms with van der Waals surface area (Å²) in [5.41, 5.74) is 2.26. The molecule has 0 aromatic heterocycles. The molecular formula is C25H38O5Si. The minimum Gasteiger partial charge on any atom is -0.494 e. The van der Waals surface area contributed by atoms with Crippen LogP contribution in [0.5, 0.6) is 5.75 Å². The van der Waals surface area contributed by atoms with E-state index in [2.05, 4.69) is 38.1 Å². The molecule has 31 heavy (non-hydrogen) atoms. The van der Waals surface area contributed by atoms with Crippen LogP contribution in [-0.4, -0.2) is 41.3 Å². The lowest BCUT2D eigenvalue weighted by Crippen LogP contribution is -2.46. The third kappa shape index (κ3) is 8.39. The second kappa shape index (κ2) is 13.7. The maximum Gasteiger partial charge on any atom is 0.501 e. The minimum atomic E-state index is -2.61. The second-order valence-corrected chi connectivity index (χ2v) is 10.2. The van der Waals surface area contributed by atoms with Crippen molar-refractivity contribution in [3.8, 4) is 5.75 Å². The Labute approximate surface area is 189 Å². The molecule has 1 unspecified atom stereocenters. The Morgan fingerprint density at radius 2 is 1.29 bits per heavy atom. The molecule has 0 aliphatic heterocycles. The Hall–Kier alpha value is -1.70. The Bertz CT molecular complexity index is 703. The molecule has 0 amide bonds. The summed E-state index contributed by atoms with van der Waals surface area (Å²) in [7, 11) is -2.61. The van der Waals surface area contributed by atoms with Gasteiger partial charge in [0.25, 0.3) is 0 Å². The molecule has 0 spiro atoms. The predicted octanol–water partition coefficient (Wildman–Crippen LogP) is 6.02. The highest BCUT2D eigenvalue weighted by Gasteiger charge is 2.39. The van der Waals surface area contributed by atoms with Crippen LogP contribution in [0.25, 0.3) is 0 Å². The van der Waals surface area contributed by atoms with E-state index < -0.39 is 8.80 Å². The molecule has 0 heterocycles. The molecule has 5 nitrogen and oxygen atoms in total. The molecule has 0 saturated heterocycles. The molecule has 0 aliphatic rings. The Balaban J connectivity index is 1.95. The van der Waals surface area contributed by atoms with E-state index in [9.17, 15) is 0 Å². The van der Waals surface area contributed by atoms with Crippen molar-refractivity contribution in [3.63, 3.8) is 0 Å². The molecule has 2 aromatic carbocycles. The van der Waals surface area contributed by atoms with Crippen LogP contribution < -0.4 is 4.74 Å². The van der Waals surface area contributed by atoms with Crippen LogP contribution in [-0.2, 0) is 18.0 Å². The molecule has 2 aromatic rings. The highest BCUT2D eigenvalue weighted by atomic mass is 28.4. The van der Waals surface area contributed by atoms with E-state index in [1.165, 1.54) is 0 Å². The summed E-state index contributed by atoms with van der Waals surface area (Å²) in [6.07, 6.45) is 0.855. The number of hydrogen-bond acceptors (Lipinski definition) is 5. The van der Waals surface area contributed by atoms with Gasteiger partial charge < -0.3 is 22.8 Å². The van der Waals surface area contributed by atoms with E-state index in [1.54, 1.807) is 0 Å². The standard InChI is InChI=1S/C25H38O5Si/c1-6-27-31(28-7-2,29-8-3)20-12-19-26-24-17-15-23(16-18-24)25(30-21(4)5)22-13-10-9-11-14-22/h9-11,13-18,21,25H,6-8,12,19-20H2,1-5H3. The topological polar surface area (TPSA) is 46.2 Å². The fraction of sp³-hybridized carbons (Fsp3) is 0.520. The highest BCUT2D eigenvalue weighted by molar-refractivity contribution is 6.60. The van der Waals surface area contributed by atoms with Crippen molar-refractivity contribution >= 4 is 8.80 Å². The van der Waals surface area contributed by atoms with E-state index >= 15 is 0 Å². The van der Waals surface area contributed by atoms with Gasteiger partial charge in [-0.3, -0.25) is 0 Å². The van der Waals surface area contributed by atoms with Gasteiger partial charge in [0.2, 0.25) is 0 Å². The summed E-state index contributed by atoms with van der Waals surface area (Å²) in [5.74, 6) is 0.844. The van der Waals surface area contributed by atoms with Gasteiger partial charge in [-0.15, -0.1) is 0 Å². The average molecular weight is 447 g/mol. The molecule has 0 fully saturated rings. The number of ether oxygens (including phenoxy) is 2. The van der Waals surface area contributed by atoms with Crippen LogP contribution in [0.1, 0.15) is 58.3 Å². The van der Waals surface area contributed by atoms with Gasteiger partial charge in [0, 0.05) is 25.9 Å². The largest absolute Gasteiger partial charge is 0.501 e. The fourth-order valence-corrected chi connectivity index (χ4v) is 6.05. The summed E-state index contributed by atoms with van der Waals surface area (Å²) in [6, 6.07) is 19.2. The predicted molar refractivity (Wildman–Crippen MR) is 126 cm³/mol.